The van der Waals surface area contributed by atoms with Crippen LogP contribution in [0.3, 0.4) is 0 Å². The second kappa shape index (κ2) is 9.54. The first kappa shape index (κ1) is 22.0. The van der Waals surface area contributed by atoms with E-state index < -0.39 is 23.5 Å². The maximum atomic E-state index is 13.8. The van der Waals surface area contributed by atoms with Gasteiger partial charge in [0.2, 0.25) is 11.8 Å². The van der Waals surface area contributed by atoms with Gasteiger partial charge in [0.25, 0.3) is 0 Å². The molecule has 0 aromatic heterocycles. The Kier molecular flexibility index (Phi) is 6.58. The van der Waals surface area contributed by atoms with E-state index in [4.69, 9.17) is 9.47 Å². The summed E-state index contributed by atoms with van der Waals surface area (Å²) in [5, 5.41) is 2.33. The first-order valence-electron chi connectivity index (χ1n) is 10.8. The van der Waals surface area contributed by atoms with E-state index in [0.29, 0.717) is 24.5 Å². The van der Waals surface area contributed by atoms with E-state index in [9.17, 15) is 18.4 Å². The Morgan fingerprint density at radius 2 is 1.91 bits per heavy atom. The van der Waals surface area contributed by atoms with Gasteiger partial charge in [-0.15, -0.1) is 0 Å². The van der Waals surface area contributed by atoms with Gasteiger partial charge < -0.3 is 19.7 Å². The number of carbonyl (C=O) groups is 2. The number of amides is 2. The highest BCUT2D eigenvalue weighted by molar-refractivity contribution is 5.96. The minimum atomic E-state index is -1.13. The third-order valence-electron chi connectivity index (χ3n) is 6.04. The topological polar surface area (TPSA) is 67.9 Å². The molecule has 1 heterocycles. The lowest BCUT2D eigenvalue weighted by atomic mass is 9.97. The number of anilines is 1. The van der Waals surface area contributed by atoms with Gasteiger partial charge >= 0.3 is 0 Å². The number of nitrogens with zero attached hydrogens (tertiary/aromatic N) is 1. The molecule has 0 spiro atoms. The number of halogens is 2. The Bertz CT molecular complexity index is 1010. The fourth-order valence-electron chi connectivity index (χ4n) is 4.36. The summed E-state index contributed by atoms with van der Waals surface area (Å²) in [5.74, 6) is -2.08. The smallest absolute Gasteiger partial charge is 0.244 e. The first-order valence-corrected chi connectivity index (χ1v) is 10.8. The quantitative estimate of drug-likeness (QED) is 0.693. The zero-order valence-corrected chi connectivity index (χ0v) is 17.9. The number of nitrogens with one attached hydrogen (secondary N) is 1. The number of hydrogen-bond acceptors (Lipinski definition) is 4. The van der Waals surface area contributed by atoms with Crippen LogP contribution in [0.4, 0.5) is 14.5 Å². The lowest BCUT2D eigenvalue weighted by Crippen LogP contribution is -2.35. The fourth-order valence-corrected chi connectivity index (χ4v) is 4.36. The molecule has 1 aliphatic carbocycles. The molecule has 0 bridgehead atoms. The normalized spacial score (nSPS) is 18.8. The van der Waals surface area contributed by atoms with Crippen molar-refractivity contribution >= 4 is 17.5 Å². The SMILES string of the molecule is COc1ccc([C@@H]2CCN(CC(=O)Nc3cccc(F)c3F)C2=O)cc1OC1CCCC1. The minimum absolute atomic E-state index is 0.154. The molecule has 2 aromatic carbocycles. The van der Waals surface area contributed by atoms with Crippen molar-refractivity contribution < 1.29 is 27.8 Å². The third-order valence-corrected chi connectivity index (χ3v) is 6.04. The predicted molar refractivity (Wildman–Crippen MR) is 115 cm³/mol. The van der Waals surface area contributed by atoms with Gasteiger partial charge in [0.05, 0.1) is 31.4 Å². The molecule has 4 rings (SSSR count). The second-order valence-corrected chi connectivity index (χ2v) is 8.19. The maximum Gasteiger partial charge on any atom is 0.244 e. The number of rotatable bonds is 7. The van der Waals surface area contributed by atoms with Crippen LogP contribution >= 0.6 is 0 Å². The molecular weight excluding hydrogens is 418 g/mol. The van der Waals surface area contributed by atoms with Crippen LogP contribution in [0, 0.1) is 11.6 Å². The van der Waals surface area contributed by atoms with Gasteiger partial charge in [-0.3, -0.25) is 9.59 Å². The molecule has 6 nitrogen and oxygen atoms in total. The van der Waals surface area contributed by atoms with Crippen molar-refractivity contribution in [3.63, 3.8) is 0 Å². The Morgan fingerprint density at radius 3 is 2.66 bits per heavy atom. The zero-order valence-electron chi connectivity index (χ0n) is 17.9. The largest absolute Gasteiger partial charge is 0.493 e. The molecule has 170 valence electrons. The number of carbonyl (C=O) groups excluding carboxylic acids is 2. The molecule has 1 atom stereocenters. The lowest BCUT2D eigenvalue weighted by molar-refractivity contribution is -0.132. The average molecular weight is 444 g/mol. The highest BCUT2D eigenvalue weighted by Gasteiger charge is 2.34. The Morgan fingerprint density at radius 1 is 1.12 bits per heavy atom. The molecule has 1 saturated carbocycles. The highest BCUT2D eigenvalue weighted by atomic mass is 19.2. The summed E-state index contributed by atoms with van der Waals surface area (Å²) >= 11 is 0. The molecule has 1 N–H and O–H groups in total. The van der Waals surface area contributed by atoms with E-state index in [2.05, 4.69) is 5.32 Å². The first-order chi connectivity index (χ1) is 15.5. The van der Waals surface area contributed by atoms with E-state index in [1.807, 2.05) is 12.1 Å². The van der Waals surface area contributed by atoms with Gasteiger partial charge in [-0.25, -0.2) is 8.78 Å². The molecule has 1 aliphatic heterocycles. The van der Waals surface area contributed by atoms with Crippen molar-refractivity contribution in [2.45, 2.75) is 44.1 Å². The minimum Gasteiger partial charge on any atom is -0.493 e. The summed E-state index contributed by atoms with van der Waals surface area (Å²) in [5.41, 5.74) is 0.560. The Hall–Kier alpha value is -3.16. The molecule has 1 saturated heterocycles. The summed E-state index contributed by atoms with van der Waals surface area (Å²) < 4.78 is 38.7. The molecule has 0 unspecified atom stereocenters. The van der Waals surface area contributed by atoms with Gasteiger partial charge in [0, 0.05) is 6.54 Å². The lowest BCUT2D eigenvalue weighted by Gasteiger charge is -2.19. The van der Waals surface area contributed by atoms with Crippen LogP contribution in [0.15, 0.2) is 36.4 Å². The maximum absolute atomic E-state index is 13.8. The van der Waals surface area contributed by atoms with Gasteiger partial charge in [0.15, 0.2) is 23.1 Å². The van der Waals surface area contributed by atoms with Crippen LogP contribution < -0.4 is 14.8 Å². The Labute approximate surface area is 185 Å². The molecule has 2 aliphatic rings. The van der Waals surface area contributed by atoms with Crippen molar-refractivity contribution in [1.82, 2.24) is 4.90 Å². The van der Waals surface area contributed by atoms with Crippen molar-refractivity contribution in [3.8, 4) is 11.5 Å². The number of ether oxygens (including phenoxy) is 2. The van der Waals surface area contributed by atoms with Crippen LogP contribution in [0.25, 0.3) is 0 Å². The van der Waals surface area contributed by atoms with Crippen LogP contribution in [0.2, 0.25) is 0 Å². The van der Waals surface area contributed by atoms with Crippen molar-refractivity contribution in [2.24, 2.45) is 0 Å². The summed E-state index contributed by atoms with van der Waals surface area (Å²) in [7, 11) is 1.58. The number of likely N-dealkylation sites (tertiary alicyclic amines) is 1. The molecular formula is C24H26F2N2O4. The number of benzene rings is 2. The molecule has 8 heteroatoms. The van der Waals surface area contributed by atoms with E-state index in [1.165, 1.54) is 17.0 Å². The van der Waals surface area contributed by atoms with Gasteiger partial charge in [-0.2, -0.15) is 0 Å². The predicted octanol–water partition coefficient (Wildman–Crippen LogP) is 4.25. The summed E-state index contributed by atoms with van der Waals surface area (Å²) in [6.45, 7) is 0.167. The highest BCUT2D eigenvalue weighted by Crippen LogP contribution is 2.37. The van der Waals surface area contributed by atoms with Crippen LogP contribution in [-0.2, 0) is 9.59 Å². The molecule has 2 amide bonds. The summed E-state index contributed by atoms with van der Waals surface area (Å²) in [6, 6.07) is 9.04. The summed E-state index contributed by atoms with van der Waals surface area (Å²) in [6.07, 6.45) is 5.00. The van der Waals surface area contributed by atoms with Gasteiger partial charge in [0.1, 0.15) is 0 Å². The fraction of sp³-hybridized carbons (Fsp3) is 0.417. The van der Waals surface area contributed by atoms with Crippen LogP contribution in [-0.4, -0.2) is 43.0 Å². The van der Waals surface area contributed by atoms with E-state index in [1.54, 1.807) is 13.2 Å². The summed E-state index contributed by atoms with van der Waals surface area (Å²) in [4.78, 5) is 26.7. The second-order valence-electron chi connectivity index (χ2n) is 8.19. The van der Waals surface area contributed by atoms with Crippen molar-refractivity contribution in [3.05, 3.63) is 53.6 Å². The van der Waals surface area contributed by atoms with Crippen LogP contribution in [0.1, 0.15) is 43.6 Å². The standard InChI is InChI=1S/C24H26F2N2O4/c1-31-20-10-9-15(13-21(20)32-16-5-2-3-6-16)17-11-12-28(24(17)30)14-22(29)27-19-8-4-7-18(25)23(19)26/h4,7-10,13,16-17H,2-3,5-6,11-12,14H2,1H3,(H,27,29)/t17-/m0/s1. The van der Waals surface area contributed by atoms with E-state index in [0.717, 1.165) is 37.3 Å². The van der Waals surface area contributed by atoms with Gasteiger partial charge in [-0.05, 0) is 61.9 Å². The van der Waals surface area contributed by atoms with E-state index in [-0.39, 0.29) is 24.2 Å². The molecule has 2 aromatic rings. The van der Waals surface area contributed by atoms with Gasteiger partial charge in [-0.1, -0.05) is 12.1 Å². The number of hydrogen-bond donors (Lipinski definition) is 1. The van der Waals surface area contributed by atoms with E-state index >= 15 is 0 Å². The molecule has 2 fully saturated rings. The average Bonchev–Trinajstić information content (AvgIpc) is 3.41. The van der Waals surface area contributed by atoms with Crippen molar-refractivity contribution in [1.29, 1.82) is 0 Å². The number of methoxy groups -OCH3 is 1. The zero-order chi connectivity index (χ0) is 22.7. The molecule has 0 radical (unpaired) electrons. The third kappa shape index (κ3) is 4.69. The monoisotopic (exact) mass is 444 g/mol. The Balaban J connectivity index is 1.42. The molecule has 32 heavy (non-hydrogen) atoms. The van der Waals surface area contributed by atoms with Crippen LogP contribution in [0.5, 0.6) is 11.5 Å². The van der Waals surface area contributed by atoms with Crippen molar-refractivity contribution in [2.75, 3.05) is 25.5 Å².